The van der Waals surface area contributed by atoms with Gasteiger partial charge in [-0.15, -0.1) is 16.4 Å². The van der Waals surface area contributed by atoms with Crippen LogP contribution in [-0.2, 0) is 4.79 Å². The lowest BCUT2D eigenvalue weighted by atomic mass is 10.2. The third-order valence-corrected chi connectivity index (χ3v) is 3.91. The van der Waals surface area contributed by atoms with Gasteiger partial charge in [0.05, 0.1) is 30.2 Å². The third kappa shape index (κ3) is 3.99. The monoisotopic (exact) mass is 328 g/mol. The van der Waals surface area contributed by atoms with Crippen LogP contribution in [-0.4, -0.2) is 32.4 Å². The highest BCUT2D eigenvalue weighted by Crippen LogP contribution is 2.12. The lowest BCUT2D eigenvalue weighted by molar-refractivity contribution is -0.115. The number of amides is 1. The van der Waals surface area contributed by atoms with Gasteiger partial charge in [-0.25, -0.2) is 9.67 Å². The van der Waals surface area contributed by atoms with E-state index in [-0.39, 0.29) is 18.5 Å². The van der Waals surface area contributed by atoms with E-state index in [4.69, 9.17) is 0 Å². The van der Waals surface area contributed by atoms with Gasteiger partial charge in [0.15, 0.2) is 5.13 Å². The quantitative estimate of drug-likeness (QED) is 0.723. The molecule has 0 saturated heterocycles. The minimum absolute atomic E-state index is 0.0884. The molecule has 1 amide bonds. The number of hydrogen-bond donors (Lipinski definition) is 2. The molecule has 1 atom stereocenters. The lowest BCUT2D eigenvalue weighted by Crippen LogP contribution is -2.30. The van der Waals surface area contributed by atoms with Crippen LogP contribution in [0.15, 0.2) is 48.1 Å². The number of benzene rings is 1. The Labute approximate surface area is 137 Å². The summed E-state index contributed by atoms with van der Waals surface area (Å²) in [6, 6.07) is 9.67. The fraction of sp³-hybridized carbons (Fsp3) is 0.200. The second kappa shape index (κ2) is 7.12. The number of thiazole rings is 1. The highest BCUT2D eigenvalue weighted by Gasteiger charge is 2.12. The summed E-state index contributed by atoms with van der Waals surface area (Å²) in [6.45, 7) is 2.12. The van der Waals surface area contributed by atoms with Gasteiger partial charge in [0, 0.05) is 11.6 Å². The fourth-order valence-corrected chi connectivity index (χ4v) is 2.53. The standard InChI is InChI=1S/C15H16N6OS/c1-11(17-9-14(22)18-15-16-7-8-23-15)13-10-21(20-19-13)12-5-3-2-4-6-12/h2-8,10-11,17H,9H2,1H3,(H,16,18,22). The van der Waals surface area contributed by atoms with Crippen LogP contribution < -0.4 is 10.6 Å². The van der Waals surface area contributed by atoms with Crippen molar-refractivity contribution in [2.45, 2.75) is 13.0 Å². The number of para-hydroxylation sites is 1. The molecule has 2 heterocycles. The summed E-state index contributed by atoms with van der Waals surface area (Å²) in [5, 5.41) is 16.5. The summed E-state index contributed by atoms with van der Waals surface area (Å²) in [4.78, 5) is 15.8. The van der Waals surface area contributed by atoms with E-state index >= 15 is 0 Å². The molecular formula is C15H16N6OS. The summed E-state index contributed by atoms with van der Waals surface area (Å²) in [5.74, 6) is -0.137. The van der Waals surface area contributed by atoms with Gasteiger partial charge in [-0.2, -0.15) is 0 Å². The number of aromatic nitrogens is 4. The van der Waals surface area contributed by atoms with Crippen LogP contribution in [0.2, 0.25) is 0 Å². The van der Waals surface area contributed by atoms with E-state index in [2.05, 4.69) is 25.9 Å². The van der Waals surface area contributed by atoms with Crippen molar-refractivity contribution in [2.24, 2.45) is 0 Å². The predicted molar refractivity (Wildman–Crippen MR) is 88.5 cm³/mol. The molecule has 1 aromatic carbocycles. The molecule has 1 unspecified atom stereocenters. The molecule has 0 aliphatic rings. The number of nitrogens with zero attached hydrogens (tertiary/aromatic N) is 4. The molecule has 0 radical (unpaired) electrons. The van der Waals surface area contributed by atoms with E-state index in [1.54, 1.807) is 10.9 Å². The molecule has 2 N–H and O–H groups in total. The van der Waals surface area contributed by atoms with E-state index in [0.717, 1.165) is 11.4 Å². The van der Waals surface area contributed by atoms with Crippen molar-refractivity contribution in [2.75, 3.05) is 11.9 Å². The minimum Gasteiger partial charge on any atom is -0.301 e. The minimum atomic E-state index is -0.137. The average Bonchev–Trinajstić information content (AvgIpc) is 3.25. The Hall–Kier alpha value is -2.58. The number of carbonyl (C=O) groups excluding carboxylic acids is 1. The largest absolute Gasteiger partial charge is 0.301 e. The number of carbonyl (C=O) groups is 1. The zero-order chi connectivity index (χ0) is 16.1. The summed E-state index contributed by atoms with van der Waals surface area (Å²) < 4.78 is 1.71. The topological polar surface area (TPSA) is 84.7 Å². The summed E-state index contributed by atoms with van der Waals surface area (Å²) in [7, 11) is 0. The molecule has 0 saturated carbocycles. The van der Waals surface area contributed by atoms with Gasteiger partial charge in [0.2, 0.25) is 5.91 Å². The van der Waals surface area contributed by atoms with Gasteiger partial charge >= 0.3 is 0 Å². The maximum absolute atomic E-state index is 11.8. The van der Waals surface area contributed by atoms with Crippen molar-refractivity contribution in [3.63, 3.8) is 0 Å². The fourth-order valence-electron chi connectivity index (χ4n) is 1.98. The Balaban J connectivity index is 1.55. The second-order valence-corrected chi connectivity index (χ2v) is 5.81. The smallest absolute Gasteiger partial charge is 0.240 e. The first-order valence-electron chi connectivity index (χ1n) is 7.13. The maximum Gasteiger partial charge on any atom is 0.240 e. The molecule has 0 spiro atoms. The van der Waals surface area contributed by atoms with Gasteiger partial charge in [-0.05, 0) is 19.1 Å². The number of nitrogens with one attached hydrogen (secondary N) is 2. The molecule has 3 rings (SSSR count). The summed E-state index contributed by atoms with van der Waals surface area (Å²) in [5.41, 5.74) is 1.72. The SMILES string of the molecule is CC(NCC(=O)Nc1nccs1)c1cn(-c2ccccc2)nn1. The second-order valence-electron chi connectivity index (χ2n) is 4.91. The van der Waals surface area contributed by atoms with E-state index in [1.165, 1.54) is 11.3 Å². The first kappa shape index (κ1) is 15.3. The van der Waals surface area contributed by atoms with Crippen LogP contribution in [0.3, 0.4) is 0 Å². The number of anilines is 1. The Morgan fingerprint density at radius 1 is 1.35 bits per heavy atom. The van der Waals surface area contributed by atoms with Crippen LogP contribution in [0.4, 0.5) is 5.13 Å². The van der Waals surface area contributed by atoms with Crippen LogP contribution in [0.5, 0.6) is 0 Å². The highest BCUT2D eigenvalue weighted by molar-refractivity contribution is 7.13. The van der Waals surface area contributed by atoms with E-state index < -0.39 is 0 Å². The van der Waals surface area contributed by atoms with Crippen molar-refractivity contribution in [1.82, 2.24) is 25.3 Å². The molecule has 118 valence electrons. The first-order valence-corrected chi connectivity index (χ1v) is 8.01. The normalized spacial score (nSPS) is 12.0. The molecule has 0 bridgehead atoms. The molecule has 0 aliphatic carbocycles. The predicted octanol–water partition coefficient (Wildman–Crippen LogP) is 2.01. The number of rotatable bonds is 6. The van der Waals surface area contributed by atoms with Crippen LogP contribution in [0.1, 0.15) is 18.7 Å². The van der Waals surface area contributed by atoms with Crippen molar-refractivity contribution < 1.29 is 4.79 Å². The first-order chi connectivity index (χ1) is 11.2. The zero-order valence-electron chi connectivity index (χ0n) is 12.5. The summed E-state index contributed by atoms with van der Waals surface area (Å²) >= 11 is 1.39. The maximum atomic E-state index is 11.8. The molecular weight excluding hydrogens is 312 g/mol. The van der Waals surface area contributed by atoms with Gasteiger partial charge in [-0.3, -0.25) is 4.79 Å². The van der Waals surface area contributed by atoms with Gasteiger partial charge in [0.1, 0.15) is 0 Å². The average molecular weight is 328 g/mol. The molecule has 8 heteroatoms. The Bertz CT molecular complexity index is 755. The lowest BCUT2D eigenvalue weighted by Gasteiger charge is -2.10. The Morgan fingerprint density at radius 2 is 2.17 bits per heavy atom. The molecule has 2 aromatic heterocycles. The van der Waals surface area contributed by atoms with Crippen molar-refractivity contribution in [1.29, 1.82) is 0 Å². The van der Waals surface area contributed by atoms with Crippen LogP contribution >= 0.6 is 11.3 Å². The molecule has 3 aromatic rings. The van der Waals surface area contributed by atoms with E-state index in [1.807, 2.05) is 48.8 Å². The number of hydrogen-bond acceptors (Lipinski definition) is 6. The summed E-state index contributed by atoms with van der Waals surface area (Å²) in [6.07, 6.45) is 3.50. The van der Waals surface area contributed by atoms with Crippen molar-refractivity contribution in [3.05, 3.63) is 53.8 Å². The van der Waals surface area contributed by atoms with Crippen LogP contribution in [0, 0.1) is 0 Å². The van der Waals surface area contributed by atoms with Crippen LogP contribution in [0.25, 0.3) is 5.69 Å². The molecule has 0 aliphatic heterocycles. The van der Waals surface area contributed by atoms with Gasteiger partial charge in [0.25, 0.3) is 0 Å². The van der Waals surface area contributed by atoms with Gasteiger partial charge in [-0.1, -0.05) is 23.4 Å². The Kier molecular flexibility index (Phi) is 4.74. The van der Waals surface area contributed by atoms with Crippen molar-refractivity contribution >= 4 is 22.4 Å². The zero-order valence-corrected chi connectivity index (χ0v) is 13.3. The van der Waals surface area contributed by atoms with Crippen molar-refractivity contribution in [3.8, 4) is 5.69 Å². The molecule has 23 heavy (non-hydrogen) atoms. The Morgan fingerprint density at radius 3 is 2.91 bits per heavy atom. The van der Waals surface area contributed by atoms with E-state index in [9.17, 15) is 4.79 Å². The molecule has 0 fully saturated rings. The highest BCUT2D eigenvalue weighted by atomic mass is 32.1. The third-order valence-electron chi connectivity index (χ3n) is 3.22. The van der Waals surface area contributed by atoms with E-state index in [0.29, 0.717) is 5.13 Å². The molecule has 7 nitrogen and oxygen atoms in total. The van der Waals surface area contributed by atoms with Gasteiger partial charge < -0.3 is 10.6 Å².